The zero-order valence-corrected chi connectivity index (χ0v) is 18.2. The highest BCUT2D eigenvalue weighted by atomic mass is 16.7. The molecular formula is C25H30N2O4. The predicted molar refractivity (Wildman–Crippen MR) is 118 cm³/mol. The van der Waals surface area contributed by atoms with Crippen LogP contribution >= 0.6 is 0 Å². The van der Waals surface area contributed by atoms with Gasteiger partial charge in [0.1, 0.15) is 0 Å². The first-order valence-electron chi connectivity index (χ1n) is 11.1. The Bertz CT molecular complexity index is 1020. The van der Waals surface area contributed by atoms with Crippen LogP contribution in [-0.4, -0.2) is 55.1 Å². The molecule has 3 heterocycles. The Balaban J connectivity index is 1.35. The zero-order valence-electron chi connectivity index (χ0n) is 18.2. The van der Waals surface area contributed by atoms with Crippen LogP contribution in [0.5, 0.6) is 0 Å². The molecule has 1 N–H and O–H groups in total. The van der Waals surface area contributed by atoms with Gasteiger partial charge in [-0.25, -0.2) is 4.79 Å². The van der Waals surface area contributed by atoms with Gasteiger partial charge in [-0.2, -0.15) is 0 Å². The number of nitrogens with zero attached hydrogens (tertiary/aromatic N) is 1. The van der Waals surface area contributed by atoms with Gasteiger partial charge in [0.25, 0.3) is 0 Å². The molecule has 0 amide bonds. The van der Waals surface area contributed by atoms with Gasteiger partial charge in [-0.3, -0.25) is 0 Å². The van der Waals surface area contributed by atoms with E-state index < -0.39 is 5.79 Å². The molecular weight excluding hydrogens is 392 g/mol. The SMILES string of the molecule is COC(=O)C1=CN(CCc2c[nH]c3ccccc23)C[C@H]2C[C@H](C3(C)OCCO3)C=C[C@@H]12. The van der Waals surface area contributed by atoms with Crippen molar-refractivity contribution in [1.29, 1.82) is 0 Å². The van der Waals surface area contributed by atoms with Gasteiger partial charge >= 0.3 is 5.97 Å². The summed E-state index contributed by atoms with van der Waals surface area (Å²) in [7, 11) is 1.46. The van der Waals surface area contributed by atoms with Crippen molar-refractivity contribution in [3.63, 3.8) is 0 Å². The summed E-state index contributed by atoms with van der Waals surface area (Å²) >= 11 is 0. The second-order valence-corrected chi connectivity index (χ2v) is 8.91. The Morgan fingerprint density at radius 2 is 2.06 bits per heavy atom. The molecule has 1 aliphatic carbocycles. The molecule has 3 aliphatic rings. The highest BCUT2D eigenvalue weighted by Gasteiger charge is 2.45. The summed E-state index contributed by atoms with van der Waals surface area (Å²) in [5, 5.41) is 1.26. The molecule has 0 spiro atoms. The highest BCUT2D eigenvalue weighted by molar-refractivity contribution is 5.89. The van der Waals surface area contributed by atoms with Gasteiger partial charge in [-0.1, -0.05) is 30.4 Å². The second-order valence-electron chi connectivity index (χ2n) is 8.91. The fourth-order valence-electron chi connectivity index (χ4n) is 5.34. The van der Waals surface area contributed by atoms with Gasteiger partial charge in [0, 0.05) is 48.2 Å². The Morgan fingerprint density at radius 3 is 2.87 bits per heavy atom. The van der Waals surface area contributed by atoms with E-state index in [2.05, 4.69) is 46.4 Å². The minimum Gasteiger partial charge on any atom is -0.466 e. The first-order chi connectivity index (χ1) is 15.1. The molecule has 1 saturated heterocycles. The van der Waals surface area contributed by atoms with E-state index in [1.807, 2.05) is 19.2 Å². The number of aromatic nitrogens is 1. The van der Waals surface area contributed by atoms with E-state index in [0.29, 0.717) is 19.1 Å². The number of esters is 1. The van der Waals surface area contributed by atoms with Crippen molar-refractivity contribution in [1.82, 2.24) is 9.88 Å². The average molecular weight is 423 g/mol. The van der Waals surface area contributed by atoms with Crippen LogP contribution in [-0.2, 0) is 25.4 Å². The minimum atomic E-state index is -0.567. The minimum absolute atomic E-state index is 0.0815. The topological polar surface area (TPSA) is 63.8 Å². The number of hydrogen-bond donors (Lipinski definition) is 1. The smallest absolute Gasteiger partial charge is 0.335 e. The van der Waals surface area contributed by atoms with E-state index in [4.69, 9.17) is 14.2 Å². The van der Waals surface area contributed by atoms with Crippen molar-refractivity contribution >= 4 is 16.9 Å². The Kier molecular flexibility index (Phi) is 5.36. The predicted octanol–water partition coefficient (Wildman–Crippen LogP) is 3.65. The van der Waals surface area contributed by atoms with E-state index >= 15 is 0 Å². The third kappa shape index (κ3) is 3.79. The number of nitrogens with one attached hydrogen (secondary N) is 1. The number of para-hydroxylation sites is 1. The van der Waals surface area contributed by atoms with E-state index in [9.17, 15) is 4.79 Å². The lowest BCUT2D eigenvalue weighted by Crippen LogP contribution is -2.44. The molecule has 1 aromatic carbocycles. The van der Waals surface area contributed by atoms with Crippen LogP contribution in [0.3, 0.4) is 0 Å². The largest absolute Gasteiger partial charge is 0.466 e. The first kappa shape index (κ1) is 20.3. The van der Waals surface area contributed by atoms with Crippen LogP contribution in [0.2, 0.25) is 0 Å². The fraction of sp³-hybridized carbons (Fsp3) is 0.480. The Hall–Kier alpha value is -2.57. The number of methoxy groups -OCH3 is 1. The molecule has 31 heavy (non-hydrogen) atoms. The normalized spacial score (nSPS) is 27.2. The van der Waals surface area contributed by atoms with E-state index in [-0.39, 0.29) is 17.8 Å². The number of carbonyl (C=O) groups is 1. The molecule has 164 valence electrons. The molecule has 0 unspecified atom stereocenters. The van der Waals surface area contributed by atoms with Gasteiger partial charge < -0.3 is 24.1 Å². The zero-order chi connectivity index (χ0) is 21.4. The lowest BCUT2D eigenvalue weighted by molar-refractivity contribution is -0.175. The second kappa shape index (κ2) is 8.17. The van der Waals surface area contributed by atoms with Crippen LogP contribution in [0.15, 0.2) is 54.4 Å². The lowest BCUT2D eigenvalue weighted by atomic mass is 9.72. The molecule has 3 atom stereocenters. The summed E-state index contributed by atoms with van der Waals surface area (Å²) in [4.78, 5) is 18.2. The molecule has 6 nitrogen and oxygen atoms in total. The van der Waals surface area contributed by atoms with E-state index in [1.165, 1.54) is 18.1 Å². The summed E-state index contributed by atoms with van der Waals surface area (Å²) in [6, 6.07) is 8.37. The van der Waals surface area contributed by atoms with Gasteiger partial charge in [-0.05, 0) is 37.3 Å². The van der Waals surface area contributed by atoms with Crippen LogP contribution in [0.1, 0.15) is 18.9 Å². The first-order valence-corrected chi connectivity index (χ1v) is 11.1. The molecule has 2 aromatic rings. The maximum atomic E-state index is 12.6. The Morgan fingerprint density at radius 1 is 1.26 bits per heavy atom. The third-order valence-corrected chi connectivity index (χ3v) is 7.06. The lowest BCUT2D eigenvalue weighted by Gasteiger charge is -2.43. The maximum absolute atomic E-state index is 12.6. The number of aromatic amines is 1. The van der Waals surface area contributed by atoms with Gasteiger partial charge in [0.15, 0.2) is 5.79 Å². The van der Waals surface area contributed by atoms with E-state index in [1.54, 1.807) is 0 Å². The quantitative estimate of drug-likeness (QED) is 0.589. The molecule has 0 radical (unpaired) electrons. The number of carbonyl (C=O) groups excluding carboxylic acids is 1. The van der Waals surface area contributed by atoms with Crippen molar-refractivity contribution in [2.75, 3.05) is 33.4 Å². The number of allylic oxidation sites excluding steroid dienone is 1. The number of hydrogen-bond acceptors (Lipinski definition) is 5. The van der Waals surface area contributed by atoms with Crippen molar-refractivity contribution in [3.05, 3.63) is 60.0 Å². The number of fused-ring (bicyclic) bond motifs is 2. The summed E-state index contributed by atoms with van der Waals surface area (Å²) in [5.41, 5.74) is 3.20. The average Bonchev–Trinajstić information content (AvgIpc) is 3.43. The van der Waals surface area contributed by atoms with Gasteiger partial charge in [0.05, 0.1) is 25.9 Å². The van der Waals surface area contributed by atoms with Gasteiger partial charge in [0.2, 0.25) is 0 Å². The summed E-state index contributed by atoms with van der Waals surface area (Å²) < 4.78 is 17.0. The van der Waals surface area contributed by atoms with Crippen molar-refractivity contribution in [3.8, 4) is 0 Å². The number of H-pyrrole nitrogens is 1. The standard InChI is InChI=1S/C25H30N2O4/c1-25(30-11-12-31-25)19-7-8-20-18(13-19)15-27(16-22(20)24(28)29-2)10-9-17-14-26-23-6-4-3-5-21(17)23/h3-8,14,16,18-20,26H,9-13,15H2,1-2H3/t18-,19-,20-/m1/s1. The van der Waals surface area contributed by atoms with Crippen LogP contribution < -0.4 is 0 Å². The fourth-order valence-corrected chi connectivity index (χ4v) is 5.34. The van der Waals surface area contributed by atoms with Crippen molar-refractivity contribution in [2.24, 2.45) is 17.8 Å². The summed E-state index contributed by atoms with van der Waals surface area (Å²) in [6.07, 6.45) is 10.3. The van der Waals surface area contributed by atoms with Crippen molar-refractivity contribution in [2.45, 2.75) is 25.6 Å². The van der Waals surface area contributed by atoms with Crippen LogP contribution in [0.4, 0.5) is 0 Å². The molecule has 2 aliphatic heterocycles. The molecule has 6 heteroatoms. The molecule has 1 fully saturated rings. The number of rotatable bonds is 5. The van der Waals surface area contributed by atoms with Gasteiger partial charge in [-0.15, -0.1) is 0 Å². The summed E-state index contributed by atoms with van der Waals surface area (Å²) in [5.74, 6) is -0.221. The molecule has 0 saturated carbocycles. The number of ether oxygens (including phenoxy) is 3. The van der Waals surface area contributed by atoms with E-state index in [0.717, 1.165) is 37.0 Å². The summed E-state index contributed by atoms with van der Waals surface area (Å²) in [6.45, 7) is 5.07. The molecule has 0 bridgehead atoms. The van der Waals surface area contributed by atoms with Crippen molar-refractivity contribution < 1.29 is 19.0 Å². The number of benzene rings is 1. The highest BCUT2D eigenvalue weighted by Crippen LogP contribution is 2.43. The third-order valence-electron chi connectivity index (χ3n) is 7.06. The van der Waals surface area contributed by atoms with Crippen LogP contribution in [0, 0.1) is 17.8 Å². The maximum Gasteiger partial charge on any atom is 0.335 e. The van der Waals surface area contributed by atoms with Crippen LogP contribution in [0.25, 0.3) is 10.9 Å². The molecule has 5 rings (SSSR count). The Labute approximate surface area is 182 Å². The monoisotopic (exact) mass is 422 g/mol. The molecule has 1 aromatic heterocycles.